The van der Waals surface area contributed by atoms with E-state index < -0.39 is 4.92 Å². The standard InChI is InChI=1S/C13H17N3O3/c14-12-6-5-10(16(18)19)9-11(12)13(17)15-7-3-1-2-4-8-15/h5-6,9H,1-4,7-8,14H2. The van der Waals surface area contributed by atoms with Crippen molar-refractivity contribution in [1.82, 2.24) is 4.90 Å². The molecule has 1 fully saturated rings. The van der Waals surface area contributed by atoms with Crippen molar-refractivity contribution in [3.05, 3.63) is 33.9 Å². The Morgan fingerprint density at radius 2 is 1.84 bits per heavy atom. The van der Waals surface area contributed by atoms with Gasteiger partial charge in [-0.3, -0.25) is 14.9 Å². The van der Waals surface area contributed by atoms with Gasteiger partial charge in [-0.15, -0.1) is 0 Å². The number of carbonyl (C=O) groups is 1. The number of carbonyl (C=O) groups excluding carboxylic acids is 1. The summed E-state index contributed by atoms with van der Waals surface area (Å²) in [5.41, 5.74) is 6.19. The van der Waals surface area contributed by atoms with Crippen molar-refractivity contribution in [3.8, 4) is 0 Å². The predicted octanol–water partition coefficient (Wildman–Crippen LogP) is 2.19. The van der Waals surface area contributed by atoms with Gasteiger partial charge in [-0.1, -0.05) is 12.8 Å². The molecule has 1 aliphatic heterocycles. The highest BCUT2D eigenvalue weighted by molar-refractivity contribution is 5.99. The summed E-state index contributed by atoms with van der Waals surface area (Å²) in [6.07, 6.45) is 4.18. The summed E-state index contributed by atoms with van der Waals surface area (Å²) in [7, 11) is 0. The smallest absolute Gasteiger partial charge is 0.270 e. The van der Waals surface area contributed by atoms with Crippen LogP contribution < -0.4 is 5.73 Å². The first-order valence-corrected chi connectivity index (χ1v) is 6.43. The number of nitrogen functional groups attached to an aromatic ring is 1. The normalized spacial score (nSPS) is 15.9. The maximum Gasteiger partial charge on any atom is 0.270 e. The van der Waals surface area contributed by atoms with Crippen molar-refractivity contribution < 1.29 is 9.72 Å². The highest BCUT2D eigenvalue weighted by Crippen LogP contribution is 2.22. The minimum Gasteiger partial charge on any atom is -0.398 e. The van der Waals surface area contributed by atoms with Crippen LogP contribution in [-0.2, 0) is 0 Å². The fourth-order valence-electron chi connectivity index (χ4n) is 2.29. The van der Waals surface area contributed by atoms with Gasteiger partial charge in [-0.25, -0.2) is 0 Å². The van der Waals surface area contributed by atoms with E-state index in [0.29, 0.717) is 18.8 Å². The predicted molar refractivity (Wildman–Crippen MR) is 71.9 cm³/mol. The molecule has 0 aliphatic carbocycles. The van der Waals surface area contributed by atoms with E-state index in [1.807, 2.05) is 0 Å². The van der Waals surface area contributed by atoms with E-state index in [4.69, 9.17) is 5.73 Å². The molecule has 1 saturated heterocycles. The number of benzene rings is 1. The van der Waals surface area contributed by atoms with Crippen LogP contribution in [-0.4, -0.2) is 28.8 Å². The molecule has 2 N–H and O–H groups in total. The fourth-order valence-corrected chi connectivity index (χ4v) is 2.29. The van der Waals surface area contributed by atoms with Crippen LogP contribution in [0.25, 0.3) is 0 Å². The molecule has 1 heterocycles. The fraction of sp³-hybridized carbons (Fsp3) is 0.462. The van der Waals surface area contributed by atoms with Crippen LogP contribution in [0.1, 0.15) is 36.0 Å². The molecule has 102 valence electrons. The summed E-state index contributed by atoms with van der Waals surface area (Å²) in [5, 5.41) is 10.8. The maximum atomic E-state index is 12.4. The Kier molecular flexibility index (Phi) is 3.99. The molecule has 1 aliphatic rings. The molecule has 2 rings (SSSR count). The van der Waals surface area contributed by atoms with Crippen molar-refractivity contribution in [1.29, 1.82) is 0 Å². The molecular formula is C13H17N3O3. The second-order valence-corrected chi connectivity index (χ2v) is 4.74. The third kappa shape index (κ3) is 3.01. The molecule has 0 unspecified atom stereocenters. The van der Waals surface area contributed by atoms with Gasteiger partial charge in [0, 0.05) is 30.9 Å². The Balaban J connectivity index is 2.26. The van der Waals surface area contributed by atoms with Crippen molar-refractivity contribution in [2.75, 3.05) is 18.8 Å². The molecule has 0 aromatic heterocycles. The Morgan fingerprint density at radius 3 is 2.42 bits per heavy atom. The Bertz CT molecular complexity index is 494. The van der Waals surface area contributed by atoms with E-state index in [9.17, 15) is 14.9 Å². The van der Waals surface area contributed by atoms with Crippen molar-refractivity contribution in [3.63, 3.8) is 0 Å². The largest absolute Gasteiger partial charge is 0.398 e. The molecule has 19 heavy (non-hydrogen) atoms. The monoisotopic (exact) mass is 263 g/mol. The minimum absolute atomic E-state index is 0.104. The summed E-state index contributed by atoms with van der Waals surface area (Å²) in [6.45, 7) is 1.39. The number of nitrogens with zero attached hydrogens (tertiary/aromatic N) is 2. The lowest BCUT2D eigenvalue weighted by molar-refractivity contribution is -0.384. The SMILES string of the molecule is Nc1ccc([N+](=O)[O-])cc1C(=O)N1CCCCCC1. The van der Waals surface area contributed by atoms with E-state index in [-0.39, 0.29) is 17.2 Å². The number of nitro benzene ring substituents is 1. The van der Waals surface area contributed by atoms with E-state index in [1.165, 1.54) is 18.2 Å². The van der Waals surface area contributed by atoms with Gasteiger partial charge < -0.3 is 10.6 Å². The van der Waals surface area contributed by atoms with E-state index in [0.717, 1.165) is 25.7 Å². The number of amides is 1. The third-order valence-corrected chi connectivity index (χ3v) is 3.37. The van der Waals surface area contributed by atoms with Crippen LogP contribution in [0.15, 0.2) is 18.2 Å². The summed E-state index contributed by atoms with van der Waals surface area (Å²) < 4.78 is 0. The highest BCUT2D eigenvalue weighted by Gasteiger charge is 2.21. The molecule has 6 nitrogen and oxygen atoms in total. The first kappa shape index (κ1) is 13.3. The summed E-state index contributed by atoms with van der Waals surface area (Å²) in [6, 6.07) is 4.00. The molecule has 0 atom stereocenters. The number of nitro groups is 1. The quantitative estimate of drug-likeness (QED) is 0.503. The average Bonchev–Trinajstić information content (AvgIpc) is 2.67. The Labute approximate surface area is 111 Å². The minimum atomic E-state index is -0.515. The zero-order chi connectivity index (χ0) is 13.8. The zero-order valence-corrected chi connectivity index (χ0v) is 10.7. The van der Waals surface area contributed by atoms with Crippen molar-refractivity contribution in [2.45, 2.75) is 25.7 Å². The van der Waals surface area contributed by atoms with Crippen LogP contribution in [0, 0.1) is 10.1 Å². The van der Waals surface area contributed by atoms with Gasteiger partial charge in [0.15, 0.2) is 0 Å². The number of hydrogen-bond acceptors (Lipinski definition) is 4. The second-order valence-electron chi connectivity index (χ2n) is 4.74. The van der Waals surface area contributed by atoms with Crippen molar-refractivity contribution >= 4 is 17.3 Å². The van der Waals surface area contributed by atoms with Gasteiger partial charge in [0.1, 0.15) is 0 Å². The topological polar surface area (TPSA) is 89.5 Å². The molecule has 1 aromatic rings. The van der Waals surface area contributed by atoms with Gasteiger partial charge in [0.05, 0.1) is 10.5 Å². The van der Waals surface area contributed by atoms with Gasteiger partial charge in [0.2, 0.25) is 0 Å². The number of likely N-dealkylation sites (tertiary alicyclic amines) is 1. The molecular weight excluding hydrogens is 246 g/mol. The molecule has 1 amide bonds. The van der Waals surface area contributed by atoms with Crippen LogP contribution in [0.2, 0.25) is 0 Å². The highest BCUT2D eigenvalue weighted by atomic mass is 16.6. The number of hydrogen-bond donors (Lipinski definition) is 1. The van der Waals surface area contributed by atoms with Crippen LogP contribution in [0.4, 0.5) is 11.4 Å². The summed E-state index contributed by atoms with van der Waals surface area (Å²) in [5.74, 6) is -0.205. The molecule has 6 heteroatoms. The van der Waals surface area contributed by atoms with Crippen LogP contribution in [0.3, 0.4) is 0 Å². The Hall–Kier alpha value is -2.11. The number of nitrogens with two attached hydrogens (primary N) is 1. The molecule has 0 saturated carbocycles. The number of rotatable bonds is 2. The summed E-state index contributed by atoms with van der Waals surface area (Å²) >= 11 is 0. The lowest BCUT2D eigenvalue weighted by atomic mass is 10.1. The maximum absolute atomic E-state index is 12.4. The van der Waals surface area contributed by atoms with Crippen LogP contribution in [0.5, 0.6) is 0 Å². The van der Waals surface area contributed by atoms with Gasteiger partial charge >= 0.3 is 0 Å². The second kappa shape index (κ2) is 5.69. The van der Waals surface area contributed by atoms with Crippen LogP contribution >= 0.6 is 0 Å². The number of anilines is 1. The number of non-ortho nitro benzene ring substituents is 1. The first-order chi connectivity index (χ1) is 9.09. The molecule has 0 spiro atoms. The molecule has 1 aromatic carbocycles. The van der Waals surface area contributed by atoms with E-state index in [1.54, 1.807) is 4.90 Å². The van der Waals surface area contributed by atoms with Gasteiger partial charge in [-0.05, 0) is 18.9 Å². The third-order valence-electron chi connectivity index (χ3n) is 3.37. The van der Waals surface area contributed by atoms with E-state index >= 15 is 0 Å². The summed E-state index contributed by atoms with van der Waals surface area (Å²) in [4.78, 5) is 24.4. The van der Waals surface area contributed by atoms with Gasteiger partial charge in [0.25, 0.3) is 11.6 Å². The Morgan fingerprint density at radius 1 is 1.21 bits per heavy atom. The lowest BCUT2D eigenvalue weighted by Gasteiger charge is -2.20. The van der Waals surface area contributed by atoms with Crippen molar-refractivity contribution in [2.24, 2.45) is 0 Å². The first-order valence-electron chi connectivity index (χ1n) is 6.43. The molecule has 0 radical (unpaired) electrons. The van der Waals surface area contributed by atoms with E-state index in [2.05, 4.69) is 0 Å². The average molecular weight is 263 g/mol. The lowest BCUT2D eigenvalue weighted by Crippen LogP contribution is -2.32. The zero-order valence-electron chi connectivity index (χ0n) is 10.7. The molecule has 0 bridgehead atoms. The van der Waals surface area contributed by atoms with Gasteiger partial charge in [-0.2, -0.15) is 0 Å².